The molecule has 0 fully saturated rings. The fraction of sp³-hybridized carbons (Fsp3) is 0.412. The second kappa shape index (κ2) is 6.07. The molecule has 0 aliphatic heterocycles. The molecule has 126 valence electrons. The van der Waals surface area contributed by atoms with E-state index in [-0.39, 0.29) is 11.9 Å². The Balaban J connectivity index is 1.81. The second-order valence-corrected chi connectivity index (χ2v) is 6.31. The Bertz CT molecular complexity index is 907. The number of carbonyl (C=O) groups excluding carboxylic acids is 1. The number of aryl methyl sites for hydroxylation is 4. The van der Waals surface area contributed by atoms with E-state index in [0.717, 1.165) is 34.4 Å². The van der Waals surface area contributed by atoms with E-state index in [1.165, 1.54) is 0 Å². The van der Waals surface area contributed by atoms with Gasteiger partial charge in [0.25, 0.3) is 5.91 Å². The van der Waals surface area contributed by atoms with E-state index < -0.39 is 0 Å². The molecule has 3 aromatic heterocycles. The van der Waals surface area contributed by atoms with E-state index in [1.807, 2.05) is 41.1 Å². The molecule has 7 nitrogen and oxygen atoms in total. The maximum absolute atomic E-state index is 12.7. The minimum Gasteiger partial charge on any atom is -0.349 e. The lowest BCUT2D eigenvalue weighted by atomic mass is 10.1. The third-order valence-electron chi connectivity index (χ3n) is 4.10. The summed E-state index contributed by atoms with van der Waals surface area (Å²) >= 11 is 0. The van der Waals surface area contributed by atoms with E-state index in [9.17, 15) is 4.79 Å². The summed E-state index contributed by atoms with van der Waals surface area (Å²) in [6.45, 7) is 5.86. The topological polar surface area (TPSA) is 77.6 Å². The van der Waals surface area contributed by atoms with Crippen molar-refractivity contribution in [3.8, 4) is 0 Å². The van der Waals surface area contributed by atoms with Gasteiger partial charge in [0.1, 0.15) is 0 Å². The number of pyridine rings is 1. The summed E-state index contributed by atoms with van der Waals surface area (Å²) in [5.41, 5.74) is 4.26. The van der Waals surface area contributed by atoms with Crippen LogP contribution >= 0.6 is 0 Å². The molecule has 0 spiro atoms. The molecular weight excluding hydrogens is 304 g/mol. The predicted molar refractivity (Wildman–Crippen MR) is 91.8 cm³/mol. The summed E-state index contributed by atoms with van der Waals surface area (Å²) in [7, 11) is 3.73. The number of hydrogen-bond acceptors (Lipinski definition) is 4. The minimum atomic E-state index is -0.104. The fourth-order valence-electron chi connectivity index (χ4n) is 2.96. The molecule has 0 saturated heterocycles. The molecule has 1 atom stereocenters. The summed E-state index contributed by atoms with van der Waals surface area (Å²) in [5, 5.41) is 12.4. The van der Waals surface area contributed by atoms with Crippen molar-refractivity contribution in [3.05, 3.63) is 41.0 Å². The van der Waals surface area contributed by atoms with Gasteiger partial charge in [-0.15, -0.1) is 0 Å². The quantitative estimate of drug-likeness (QED) is 0.791. The lowest BCUT2D eigenvalue weighted by molar-refractivity contribution is 0.0941. The Morgan fingerprint density at radius 2 is 2.08 bits per heavy atom. The lowest BCUT2D eigenvalue weighted by Gasteiger charge is -2.14. The maximum Gasteiger partial charge on any atom is 0.252 e. The maximum atomic E-state index is 12.7. The zero-order chi connectivity index (χ0) is 17.4. The molecule has 3 heterocycles. The summed E-state index contributed by atoms with van der Waals surface area (Å²) in [5.74, 6) is -0.104. The number of nitrogens with one attached hydrogen (secondary N) is 1. The third kappa shape index (κ3) is 3.02. The Kier molecular flexibility index (Phi) is 4.09. The van der Waals surface area contributed by atoms with E-state index >= 15 is 0 Å². The number of aromatic nitrogens is 5. The van der Waals surface area contributed by atoms with E-state index in [0.29, 0.717) is 5.56 Å². The predicted octanol–water partition coefficient (Wildman–Crippen LogP) is 1.68. The van der Waals surface area contributed by atoms with Crippen LogP contribution in [0.25, 0.3) is 11.0 Å². The largest absolute Gasteiger partial charge is 0.349 e. The average molecular weight is 326 g/mol. The van der Waals surface area contributed by atoms with Crippen LogP contribution in [0.1, 0.15) is 34.2 Å². The van der Waals surface area contributed by atoms with Crippen LogP contribution in [-0.4, -0.2) is 36.5 Å². The van der Waals surface area contributed by atoms with Gasteiger partial charge in [-0.25, -0.2) is 4.98 Å². The summed E-state index contributed by atoms with van der Waals surface area (Å²) in [6, 6.07) is 1.81. The monoisotopic (exact) mass is 326 g/mol. The summed E-state index contributed by atoms with van der Waals surface area (Å²) in [6.07, 6.45) is 4.42. The van der Waals surface area contributed by atoms with Crippen LogP contribution in [0.4, 0.5) is 0 Å². The number of amides is 1. The Morgan fingerprint density at radius 3 is 2.75 bits per heavy atom. The van der Waals surface area contributed by atoms with Gasteiger partial charge in [-0.3, -0.25) is 14.2 Å². The summed E-state index contributed by atoms with van der Waals surface area (Å²) in [4.78, 5) is 17.2. The molecule has 0 unspecified atom stereocenters. The molecular formula is C17H22N6O. The first-order valence-electron chi connectivity index (χ1n) is 7.94. The summed E-state index contributed by atoms with van der Waals surface area (Å²) < 4.78 is 3.48. The highest BCUT2D eigenvalue weighted by Crippen LogP contribution is 2.18. The SMILES string of the molecule is Cc1cc(C(=O)N[C@@H](C)Cc2cn(C)nc2C)c2cnn(C)c2n1. The van der Waals surface area contributed by atoms with Crippen molar-refractivity contribution in [2.75, 3.05) is 0 Å². The van der Waals surface area contributed by atoms with Crippen molar-refractivity contribution in [3.63, 3.8) is 0 Å². The van der Waals surface area contributed by atoms with Gasteiger partial charge in [0.05, 0.1) is 22.8 Å². The zero-order valence-corrected chi connectivity index (χ0v) is 14.7. The first-order chi connectivity index (χ1) is 11.3. The highest BCUT2D eigenvalue weighted by molar-refractivity contribution is 6.05. The molecule has 0 saturated carbocycles. The third-order valence-corrected chi connectivity index (χ3v) is 4.10. The Hall–Kier alpha value is -2.70. The van der Waals surface area contributed by atoms with Gasteiger partial charge in [0.15, 0.2) is 5.65 Å². The Morgan fingerprint density at radius 1 is 1.33 bits per heavy atom. The van der Waals surface area contributed by atoms with Crippen LogP contribution in [-0.2, 0) is 20.5 Å². The van der Waals surface area contributed by atoms with E-state index in [2.05, 4.69) is 20.5 Å². The van der Waals surface area contributed by atoms with Crippen molar-refractivity contribution < 1.29 is 4.79 Å². The van der Waals surface area contributed by atoms with Crippen molar-refractivity contribution in [2.45, 2.75) is 33.2 Å². The molecule has 0 aromatic carbocycles. The number of hydrogen-bond donors (Lipinski definition) is 1. The van der Waals surface area contributed by atoms with Crippen LogP contribution in [0.2, 0.25) is 0 Å². The minimum absolute atomic E-state index is 0.000549. The van der Waals surface area contributed by atoms with E-state index in [1.54, 1.807) is 21.6 Å². The lowest BCUT2D eigenvalue weighted by Crippen LogP contribution is -2.34. The van der Waals surface area contributed by atoms with Gasteiger partial charge in [-0.2, -0.15) is 10.2 Å². The fourth-order valence-corrected chi connectivity index (χ4v) is 2.96. The molecule has 3 rings (SSSR count). The van der Waals surface area contributed by atoms with Crippen LogP contribution < -0.4 is 5.32 Å². The number of rotatable bonds is 4. The first-order valence-corrected chi connectivity index (χ1v) is 7.94. The van der Waals surface area contributed by atoms with Crippen molar-refractivity contribution in [2.24, 2.45) is 14.1 Å². The highest BCUT2D eigenvalue weighted by atomic mass is 16.1. The van der Waals surface area contributed by atoms with Crippen LogP contribution in [0.15, 0.2) is 18.5 Å². The van der Waals surface area contributed by atoms with Gasteiger partial charge in [-0.05, 0) is 38.8 Å². The molecule has 0 aliphatic carbocycles. The number of carbonyl (C=O) groups is 1. The zero-order valence-electron chi connectivity index (χ0n) is 14.7. The Labute approximate surface area is 140 Å². The van der Waals surface area contributed by atoms with E-state index in [4.69, 9.17) is 0 Å². The molecule has 24 heavy (non-hydrogen) atoms. The number of nitrogens with zero attached hydrogens (tertiary/aromatic N) is 5. The molecule has 1 N–H and O–H groups in total. The van der Waals surface area contributed by atoms with Gasteiger partial charge in [0, 0.05) is 32.0 Å². The smallest absolute Gasteiger partial charge is 0.252 e. The first kappa shape index (κ1) is 16.2. The molecule has 1 amide bonds. The van der Waals surface area contributed by atoms with Crippen LogP contribution in [0.5, 0.6) is 0 Å². The molecule has 0 bridgehead atoms. The van der Waals surface area contributed by atoms with Crippen LogP contribution in [0.3, 0.4) is 0 Å². The van der Waals surface area contributed by atoms with Crippen molar-refractivity contribution >= 4 is 16.9 Å². The van der Waals surface area contributed by atoms with Gasteiger partial charge >= 0.3 is 0 Å². The van der Waals surface area contributed by atoms with Gasteiger partial charge < -0.3 is 5.32 Å². The standard InChI is InChI=1S/C17H22N6O/c1-10(6-13-9-22(4)21-12(13)3)20-17(24)14-7-11(2)19-16-15(14)8-18-23(16)5/h7-10H,6H2,1-5H3,(H,20,24)/t10-/m0/s1. The number of fused-ring (bicyclic) bond motifs is 1. The molecule has 3 aromatic rings. The molecule has 7 heteroatoms. The van der Waals surface area contributed by atoms with Crippen LogP contribution in [0, 0.1) is 13.8 Å². The normalized spacial score (nSPS) is 12.5. The van der Waals surface area contributed by atoms with Gasteiger partial charge in [-0.1, -0.05) is 0 Å². The molecule has 0 radical (unpaired) electrons. The van der Waals surface area contributed by atoms with Gasteiger partial charge in [0.2, 0.25) is 0 Å². The molecule has 0 aliphatic rings. The van der Waals surface area contributed by atoms with Crippen molar-refractivity contribution in [1.82, 2.24) is 29.9 Å². The average Bonchev–Trinajstić information content (AvgIpc) is 3.01. The highest BCUT2D eigenvalue weighted by Gasteiger charge is 2.17. The van der Waals surface area contributed by atoms with Crippen molar-refractivity contribution in [1.29, 1.82) is 0 Å². The second-order valence-electron chi connectivity index (χ2n) is 6.31.